The molecule has 15 heteroatoms. The van der Waals surface area contributed by atoms with E-state index >= 15 is 0 Å². The highest BCUT2D eigenvalue weighted by atomic mass is 32.2. The average Bonchev–Trinajstić information content (AvgIpc) is 3.11. The van der Waals surface area contributed by atoms with Crippen molar-refractivity contribution in [3.63, 3.8) is 0 Å². The molecule has 1 aliphatic rings. The molecule has 1 fully saturated rings. The number of benzene rings is 1. The van der Waals surface area contributed by atoms with E-state index in [0.717, 1.165) is 0 Å². The van der Waals surface area contributed by atoms with Gasteiger partial charge in [0.1, 0.15) is 6.04 Å². The molecule has 2 unspecified atom stereocenters. The Balaban J connectivity index is 2.41. The number of hydrogen-bond donors (Lipinski definition) is 5. The largest absolute Gasteiger partial charge is 0.480 e. The molecule has 0 spiro atoms. The molecule has 2 rings (SSSR count). The lowest BCUT2D eigenvalue weighted by atomic mass is 10.0. The molecule has 1 amide bonds. The Kier molecular flexibility index (Phi) is 7.92. The number of carboxylic acid groups (broad SMARTS) is 1. The average molecular weight is 535 g/mol. The van der Waals surface area contributed by atoms with E-state index in [1.54, 1.807) is 6.07 Å². The number of nitrogens with one attached hydrogen (secondary N) is 1. The van der Waals surface area contributed by atoms with Gasteiger partial charge in [0.15, 0.2) is 11.5 Å². The van der Waals surface area contributed by atoms with Crippen LogP contribution in [-0.2, 0) is 38.1 Å². The molecule has 1 aromatic carbocycles. The number of ether oxygens (including phenoxy) is 4. The Morgan fingerprint density at radius 1 is 1.06 bits per heavy atom. The van der Waals surface area contributed by atoms with Gasteiger partial charge in [0, 0.05) is 36.1 Å². The summed E-state index contributed by atoms with van der Waals surface area (Å²) in [5, 5.41) is 44.6. The Morgan fingerprint density at radius 3 is 2.19 bits per heavy atom. The van der Waals surface area contributed by atoms with E-state index in [-0.39, 0.29) is 5.56 Å². The van der Waals surface area contributed by atoms with Gasteiger partial charge in [-0.2, -0.15) is 0 Å². The summed E-state index contributed by atoms with van der Waals surface area (Å²) in [5.74, 6) is -14.4. The van der Waals surface area contributed by atoms with Crippen molar-refractivity contribution in [2.45, 2.75) is 56.1 Å². The lowest BCUT2D eigenvalue weighted by molar-refractivity contribution is -0.358. The van der Waals surface area contributed by atoms with Gasteiger partial charge in [-0.1, -0.05) is 18.2 Å². The highest BCUT2D eigenvalue weighted by Gasteiger charge is 2.74. The van der Waals surface area contributed by atoms with Crippen LogP contribution in [0.15, 0.2) is 30.3 Å². The van der Waals surface area contributed by atoms with Crippen LogP contribution in [0.1, 0.15) is 35.2 Å². The van der Waals surface area contributed by atoms with Crippen LogP contribution >= 0.6 is 11.8 Å². The minimum absolute atomic E-state index is 0.114. The van der Waals surface area contributed by atoms with Gasteiger partial charge in [-0.05, 0) is 12.1 Å². The highest BCUT2D eigenvalue weighted by Crippen LogP contribution is 2.47. The van der Waals surface area contributed by atoms with Crippen LogP contribution in [-0.4, -0.2) is 91.4 Å². The van der Waals surface area contributed by atoms with Crippen molar-refractivity contribution < 1.29 is 67.5 Å². The standard InChI is InChI=1S/C21H25NO13S/c1-10(23)32-18(29)15-20(30,34-11(2)24)21(31,35-12(3)25)19(33-15)36-9-14(17(27)28)22-16(26)13-7-5-4-6-8-13/h4-8,14-15,18-19,29-31H,9H2,1-3H3,(H,22,26)(H,27,28)/t14-,15+,18?,19?,20-,21+/m0/s1/i1D,2D,3D. The summed E-state index contributed by atoms with van der Waals surface area (Å²) >= 11 is 0.307. The third kappa shape index (κ3) is 6.50. The van der Waals surface area contributed by atoms with Gasteiger partial charge in [-0.3, -0.25) is 19.2 Å². The Morgan fingerprint density at radius 2 is 1.64 bits per heavy atom. The minimum Gasteiger partial charge on any atom is -0.480 e. The van der Waals surface area contributed by atoms with Gasteiger partial charge in [-0.25, -0.2) is 4.79 Å². The Hall–Kier alpha value is -3.24. The zero-order chi connectivity index (χ0) is 29.4. The van der Waals surface area contributed by atoms with Crippen LogP contribution in [0.5, 0.6) is 0 Å². The molecule has 1 saturated heterocycles. The van der Waals surface area contributed by atoms with Crippen molar-refractivity contribution in [2.75, 3.05) is 5.75 Å². The Labute approximate surface area is 212 Å². The Bertz CT molecular complexity index is 1070. The number of aliphatic carboxylic acids is 1. The number of rotatable bonds is 10. The monoisotopic (exact) mass is 534 g/mol. The quantitative estimate of drug-likeness (QED) is 0.134. The molecular weight excluding hydrogens is 506 g/mol. The SMILES string of the molecule is [2H]CC(=O)OC(O)[C@H]1OC(SC[C@H](NC(=O)c2ccccc2)C(=O)O)[C@@](O)(OC(=O)C[2H])[C@@]1(O)OC(=O)C[2H]. The second-order valence-corrected chi connectivity index (χ2v) is 8.27. The number of aliphatic hydroxyl groups excluding tert-OH is 1. The molecule has 1 aliphatic heterocycles. The first-order valence-electron chi connectivity index (χ1n) is 11.9. The third-order valence-electron chi connectivity index (χ3n) is 4.59. The van der Waals surface area contributed by atoms with Gasteiger partial charge in [0.25, 0.3) is 5.91 Å². The number of thioether (sulfide) groups is 1. The van der Waals surface area contributed by atoms with Gasteiger partial charge in [-0.15, -0.1) is 11.8 Å². The minimum atomic E-state index is -3.57. The number of esters is 3. The van der Waals surface area contributed by atoms with Crippen LogP contribution in [0.4, 0.5) is 0 Å². The summed E-state index contributed by atoms with van der Waals surface area (Å²) in [6.45, 7) is -3.29. The molecule has 14 nitrogen and oxygen atoms in total. The number of carbonyl (C=O) groups excluding carboxylic acids is 4. The fourth-order valence-corrected chi connectivity index (χ4v) is 4.32. The van der Waals surface area contributed by atoms with Crippen LogP contribution in [0, 0.1) is 0 Å². The fourth-order valence-electron chi connectivity index (χ4n) is 3.09. The van der Waals surface area contributed by atoms with E-state index in [4.69, 9.17) is 13.6 Å². The van der Waals surface area contributed by atoms with Crippen LogP contribution in [0.2, 0.25) is 0 Å². The first-order chi connectivity index (χ1) is 18.3. The molecule has 1 heterocycles. The molecule has 5 N–H and O–H groups in total. The van der Waals surface area contributed by atoms with Crippen molar-refractivity contribution >= 4 is 41.5 Å². The maximum atomic E-state index is 12.4. The first-order valence-corrected chi connectivity index (χ1v) is 10.9. The lowest BCUT2D eigenvalue weighted by Gasteiger charge is -2.38. The van der Waals surface area contributed by atoms with E-state index in [1.165, 1.54) is 24.3 Å². The van der Waals surface area contributed by atoms with E-state index in [9.17, 15) is 44.4 Å². The maximum absolute atomic E-state index is 12.4. The van der Waals surface area contributed by atoms with Crippen molar-refractivity contribution in [1.29, 1.82) is 0 Å². The summed E-state index contributed by atoms with van der Waals surface area (Å²) < 4.78 is 40.5. The molecule has 198 valence electrons. The number of carboxylic acids is 1. The fraction of sp³-hybridized carbons (Fsp3) is 0.476. The third-order valence-corrected chi connectivity index (χ3v) is 5.85. The molecule has 36 heavy (non-hydrogen) atoms. The van der Waals surface area contributed by atoms with Gasteiger partial charge < -0.3 is 44.7 Å². The molecule has 0 aromatic heterocycles. The van der Waals surface area contributed by atoms with Crippen LogP contribution in [0.3, 0.4) is 0 Å². The predicted molar refractivity (Wildman–Crippen MR) is 118 cm³/mol. The van der Waals surface area contributed by atoms with Crippen molar-refractivity contribution in [2.24, 2.45) is 0 Å². The molecular formula is C21H25NO13S. The highest BCUT2D eigenvalue weighted by molar-refractivity contribution is 7.99. The van der Waals surface area contributed by atoms with E-state index in [0.29, 0.717) is 11.8 Å². The van der Waals surface area contributed by atoms with Crippen LogP contribution in [0.25, 0.3) is 0 Å². The maximum Gasteiger partial charge on any atom is 0.327 e. The number of hydrogen-bond acceptors (Lipinski definition) is 13. The number of amides is 1. The smallest absolute Gasteiger partial charge is 0.327 e. The summed E-state index contributed by atoms with van der Waals surface area (Å²) in [6.07, 6.45) is -4.97. The van der Waals surface area contributed by atoms with Gasteiger partial charge in [0.2, 0.25) is 6.29 Å². The summed E-state index contributed by atoms with van der Waals surface area (Å²) in [5.41, 5.74) is -1.98. The van der Waals surface area contributed by atoms with E-state index < -0.39 is 91.7 Å². The topological polar surface area (TPSA) is 215 Å². The zero-order valence-electron chi connectivity index (χ0n) is 21.4. The molecule has 6 atom stereocenters. The number of carbonyl (C=O) groups is 5. The first kappa shape index (κ1) is 24.5. The molecule has 0 radical (unpaired) electrons. The predicted octanol–water partition coefficient (Wildman–Crippen LogP) is -1.29. The normalized spacial score (nSPS) is 27.9. The van der Waals surface area contributed by atoms with Crippen molar-refractivity contribution in [3.8, 4) is 0 Å². The summed E-state index contributed by atoms with van der Waals surface area (Å²) in [4.78, 5) is 59.6. The molecule has 0 saturated carbocycles. The van der Waals surface area contributed by atoms with Crippen LogP contribution < -0.4 is 5.32 Å². The lowest BCUT2D eigenvalue weighted by Crippen LogP contribution is -2.65. The van der Waals surface area contributed by atoms with E-state index in [2.05, 4.69) is 14.8 Å². The molecule has 0 aliphatic carbocycles. The van der Waals surface area contributed by atoms with Crippen molar-refractivity contribution in [1.82, 2.24) is 5.32 Å². The zero-order valence-corrected chi connectivity index (χ0v) is 19.2. The second-order valence-electron chi connectivity index (χ2n) is 7.17. The molecule has 1 aromatic rings. The van der Waals surface area contributed by atoms with Gasteiger partial charge >= 0.3 is 35.5 Å². The van der Waals surface area contributed by atoms with Gasteiger partial charge in [0.05, 0.1) is 0 Å². The number of aliphatic hydroxyl groups is 3. The summed E-state index contributed by atoms with van der Waals surface area (Å²) in [6, 6.07) is 5.83. The molecule has 0 bridgehead atoms. The van der Waals surface area contributed by atoms with Crippen molar-refractivity contribution in [3.05, 3.63) is 35.9 Å². The van der Waals surface area contributed by atoms with E-state index in [1.807, 2.05) is 0 Å². The second kappa shape index (κ2) is 11.7. The summed E-state index contributed by atoms with van der Waals surface area (Å²) in [7, 11) is 0.